The fourth-order valence-electron chi connectivity index (χ4n) is 2.46. The van der Waals surface area contributed by atoms with Gasteiger partial charge in [0, 0.05) is 16.6 Å². The maximum absolute atomic E-state index is 12.4. The first kappa shape index (κ1) is 19.6. The summed E-state index contributed by atoms with van der Waals surface area (Å²) >= 11 is 12.0. The molecule has 0 bridgehead atoms. The first-order chi connectivity index (χ1) is 11.8. The van der Waals surface area contributed by atoms with Gasteiger partial charge in [-0.2, -0.15) is 0 Å². The lowest BCUT2D eigenvalue weighted by Crippen LogP contribution is -2.36. The number of nitrogens with one attached hydrogen (secondary N) is 1. The highest BCUT2D eigenvalue weighted by atomic mass is 35.5. The molecule has 2 rings (SSSR count). The van der Waals surface area contributed by atoms with Crippen molar-refractivity contribution in [1.29, 1.82) is 0 Å². The Bertz CT molecular complexity index is 759. The van der Waals surface area contributed by atoms with Crippen molar-refractivity contribution in [3.8, 4) is 5.75 Å². The van der Waals surface area contributed by atoms with Gasteiger partial charge >= 0.3 is 0 Å². The number of hydrogen-bond acceptors (Lipinski definition) is 2. The number of carbonyl (C=O) groups is 1. The molecule has 3 nitrogen and oxygen atoms in total. The topological polar surface area (TPSA) is 38.3 Å². The molecule has 5 heteroatoms. The van der Waals surface area contributed by atoms with Gasteiger partial charge < -0.3 is 10.1 Å². The number of amides is 1. The standard InChI is InChI=1S/C20H23Cl2NO2/c1-12(2)17-8-5-13(3)9-19(17)25-14(4)20(24)23-11-15-6-7-16(21)10-18(15)22/h5-10,12,14H,11H2,1-4H3,(H,23,24)/t14-/m0/s1. The van der Waals surface area contributed by atoms with Gasteiger partial charge in [-0.3, -0.25) is 4.79 Å². The summed E-state index contributed by atoms with van der Waals surface area (Å²) < 4.78 is 5.92. The van der Waals surface area contributed by atoms with Crippen molar-refractivity contribution in [3.63, 3.8) is 0 Å². The number of halogens is 2. The molecule has 2 aromatic rings. The Kier molecular flexibility index (Phi) is 6.74. The maximum atomic E-state index is 12.4. The number of rotatable bonds is 6. The van der Waals surface area contributed by atoms with E-state index in [0.29, 0.717) is 22.5 Å². The van der Waals surface area contributed by atoms with Crippen LogP contribution in [0.25, 0.3) is 0 Å². The van der Waals surface area contributed by atoms with Crippen LogP contribution in [-0.2, 0) is 11.3 Å². The van der Waals surface area contributed by atoms with Crippen molar-refractivity contribution in [1.82, 2.24) is 5.32 Å². The maximum Gasteiger partial charge on any atom is 0.261 e. The molecule has 25 heavy (non-hydrogen) atoms. The summed E-state index contributed by atoms with van der Waals surface area (Å²) in [5.74, 6) is 0.878. The zero-order valence-electron chi connectivity index (χ0n) is 14.9. The summed E-state index contributed by atoms with van der Waals surface area (Å²) in [7, 11) is 0. The van der Waals surface area contributed by atoms with Gasteiger partial charge in [-0.15, -0.1) is 0 Å². The normalized spacial score (nSPS) is 12.1. The molecular weight excluding hydrogens is 357 g/mol. The summed E-state index contributed by atoms with van der Waals surface area (Å²) in [5, 5.41) is 3.95. The first-order valence-corrected chi connectivity index (χ1v) is 9.02. The van der Waals surface area contributed by atoms with Gasteiger partial charge in [-0.25, -0.2) is 0 Å². The number of carbonyl (C=O) groups excluding carboxylic acids is 1. The number of aryl methyl sites for hydroxylation is 1. The van der Waals surface area contributed by atoms with Crippen molar-refractivity contribution in [2.45, 2.75) is 46.3 Å². The van der Waals surface area contributed by atoms with Crippen LogP contribution in [0, 0.1) is 6.92 Å². The van der Waals surface area contributed by atoms with Crippen LogP contribution in [0.5, 0.6) is 5.75 Å². The average molecular weight is 380 g/mol. The number of benzene rings is 2. The van der Waals surface area contributed by atoms with Crippen LogP contribution >= 0.6 is 23.2 Å². The molecule has 0 aromatic heterocycles. The second kappa shape index (κ2) is 8.59. The summed E-state index contributed by atoms with van der Waals surface area (Å²) in [6.07, 6.45) is -0.606. The number of hydrogen-bond donors (Lipinski definition) is 1. The predicted molar refractivity (Wildman–Crippen MR) is 104 cm³/mol. The number of ether oxygens (including phenoxy) is 1. The Hall–Kier alpha value is -1.71. The molecule has 0 unspecified atom stereocenters. The smallest absolute Gasteiger partial charge is 0.261 e. The third-order valence-corrected chi connectivity index (χ3v) is 4.52. The molecule has 0 spiro atoms. The summed E-state index contributed by atoms with van der Waals surface area (Å²) in [4.78, 5) is 12.4. The van der Waals surface area contributed by atoms with E-state index in [1.165, 1.54) is 0 Å². The van der Waals surface area contributed by atoms with Crippen LogP contribution < -0.4 is 10.1 Å². The van der Waals surface area contributed by atoms with Gasteiger partial charge in [-0.1, -0.05) is 55.2 Å². The highest BCUT2D eigenvalue weighted by Gasteiger charge is 2.17. The molecule has 0 aliphatic carbocycles. The minimum absolute atomic E-state index is 0.192. The fraction of sp³-hybridized carbons (Fsp3) is 0.350. The SMILES string of the molecule is Cc1ccc(C(C)C)c(O[C@@H](C)C(=O)NCc2ccc(Cl)cc2Cl)c1. The largest absolute Gasteiger partial charge is 0.481 e. The molecule has 0 saturated heterocycles. The molecule has 1 N–H and O–H groups in total. The molecule has 1 amide bonds. The van der Waals surface area contributed by atoms with E-state index >= 15 is 0 Å². The van der Waals surface area contributed by atoms with Crippen molar-refractivity contribution >= 4 is 29.1 Å². The van der Waals surface area contributed by atoms with Gasteiger partial charge in [0.05, 0.1) is 0 Å². The van der Waals surface area contributed by atoms with E-state index in [1.54, 1.807) is 25.1 Å². The predicted octanol–water partition coefficient (Wildman–Crippen LogP) is 5.51. The van der Waals surface area contributed by atoms with Crippen LogP contribution in [0.15, 0.2) is 36.4 Å². The van der Waals surface area contributed by atoms with Crippen LogP contribution in [-0.4, -0.2) is 12.0 Å². The molecule has 1 atom stereocenters. The van der Waals surface area contributed by atoms with E-state index in [0.717, 1.165) is 22.4 Å². The second-order valence-corrected chi connectivity index (χ2v) is 7.25. The van der Waals surface area contributed by atoms with Crippen molar-refractivity contribution in [2.24, 2.45) is 0 Å². The fourth-order valence-corrected chi connectivity index (χ4v) is 2.93. The Morgan fingerprint density at radius 1 is 1.12 bits per heavy atom. The Morgan fingerprint density at radius 3 is 2.48 bits per heavy atom. The molecule has 0 heterocycles. The van der Waals surface area contributed by atoms with Crippen molar-refractivity contribution in [3.05, 3.63) is 63.1 Å². The van der Waals surface area contributed by atoms with Gasteiger partial charge in [0.25, 0.3) is 5.91 Å². The highest BCUT2D eigenvalue weighted by molar-refractivity contribution is 6.35. The molecule has 0 saturated carbocycles. The first-order valence-electron chi connectivity index (χ1n) is 8.26. The van der Waals surface area contributed by atoms with E-state index in [1.807, 2.05) is 19.1 Å². The van der Waals surface area contributed by atoms with E-state index < -0.39 is 6.10 Å². The molecule has 134 valence electrons. The third kappa shape index (κ3) is 5.38. The van der Waals surface area contributed by atoms with Crippen LogP contribution in [0.1, 0.15) is 43.4 Å². The third-order valence-electron chi connectivity index (χ3n) is 3.93. The lowest BCUT2D eigenvalue weighted by Gasteiger charge is -2.19. The van der Waals surface area contributed by atoms with Crippen LogP contribution in [0.3, 0.4) is 0 Å². The second-order valence-electron chi connectivity index (χ2n) is 6.41. The van der Waals surface area contributed by atoms with Gasteiger partial charge in [0.2, 0.25) is 0 Å². The van der Waals surface area contributed by atoms with Gasteiger partial charge in [0.15, 0.2) is 6.10 Å². The van der Waals surface area contributed by atoms with Crippen LogP contribution in [0.2, 0.25) is 10.0 Å². The van der Waals surface area contributed by atoms with Gasteiger partial charge in [0.1, 0.15) is 5.75 Å². The zero-order valence-corrected chi connectivity index (χ0v) is 16.4. The lowest BCUT2D eigenvalue weighted by molar-refractivity contribution is -0.127. The molecule has 2 aromatic carbocycles. The van der Waals surface area contributed by atoms with Gasteiger partial charge in [-0.05, 0) is 54.7 Å². The minimum Gasteiger partial charge on any atom is -0.481 e. The molecule has 0 fully saturated rings. The van der Waals surface area contributed by atoms with Crippen molar-refractivity contribution < 1.29 is 9.53 Å². The molecule has 0 aliphatic rings. The Balaban J connectivity index is 2.02. The Labute approximate surface area is 159 Å². The molecule has 0 aliphatic heterocycles. The highest BCUT2D eigenvalue weighted by Crippen LogP contribution is 2.28. The Morgan fingerprint density at radius 2 is 1.84 bits per heavy atom. The quantitative estimate of drug-likeness (QED) is 0.718. The summed E-state index contributed by atoms with van der Waals surface area (Å²) in [6.45, 7) is 8.28. The monoisotopic (exact) mass is 379 g/mol. The minimum atomic E-state index is -0.606. The summed E-state index contributed by atoms with van der Waals surface area (Å²) in [6, 6.07) is 11.3. The van der Waals surface area contributed by atoms with E-state index in [-0.39, 0.29) is 5.91 Å². The van der Waals surface area contributed by atoms with E-state index in [4.69, 9.17) is 27.9 Å². The van der Waals surface area contributed by atoms with Crippen LogP contribution in [0.4, 0.5) is 0 Å². The average Bonchev–Trinajstić information content (AvgIpc) is 2.53. The zero-order chi connectivity index (χ0) is 18.6. The van der Waals surface area contributed by atoms with E-state index in [2.05, 4.69) is 25.2 Å². The van der Waals surface area contributed by atoms with Crippen molar-refractivity contribution in [2.75, 3.05) is 0 Å². The van der Waals surface area contributed by atoms with E-state index in [9.17, 15) is 4.79 Å². The summed E-state index contributed by atoms with van der Waals surface area (Å²) in [5.41, 5.74) is 3.00. The molecular formula is C20H23Cl2NO2. The molecule has 0 radical (unpaired) electrons. The lowest BCUT2D eigenvalue weighted by atomic mass is 10.0.